The highest BCUT2D eigenvalue weighted by molar-refractivity contribution is 5.87. The molecular formula is C34H44O16. The molecule has 4 rings (SSSR count). The average Bonchev–Trinajstić information content (AvgIpc) is 3.33. The third-order valence-corrected chi connectivity index (χ3v) is 8.59. The van der Waals surface area contributed by atoms with E-state index in [0.717, 1.165) is 19.9 Å². The third-order valence-electron chi connectivity index (χ3n) is 8.59. The van der Waals surface area contributed by atoms with Crippen molar-refractivity contribution in [1.29, 1.82) is 0 Å². The van der Waals surface area contributed by atoms with Crippen LogP contribution in [0.15, 0.2) is 42.2 Å². The van der Waals surface area contributed by atoms with E-state index in [1.54, 1.807) is 12.1 Å². The number of aliphatic hydroxyl groups is 4. The number of phenolic OH excluding ortho intramolecular Hbond substituents is 1. The Morgan fingerprint density at radius 1 is 1.00 bits per heavy atom. The minimum absolute atomic E-state index is 0.0284. The molecule has 0 spiro atoms. The van der Waals surface area contributed by atoms with E-state index in [9.17, 15) is 44.7 Å². The molecule has 1 saturated carbocycles. The van der Waals surface area contributed by atoms with Gasteiger partial charge in [0.2, 0.25) is 6.29 Å². The molecule has 276 valence electrons. The van der Waals surface area contributed by atoms with Crippen molar-refractivity contribution in [3.63, 3.8) is 0 Å². The van der Waals surface area contributed by atoms with E-state index in [0.29, 0.717) is 11.1 Å². The molecular weight excluding hydrogens is 664 g/mol. The highest BCUT2D eigenvalue weighted by Crippen LogP contribution is 2.51. The van der Waals surface area contributed by atoms with Crippen molar-refractivity contribution in [3.8, 4) is 5.75 Å². The zero-order chi connectivity index (χ0) is 36.7. The molecule has 1 aromatic carbocycles. The van der Waals surface area contributed by atoms with Crippen LogP contribution < -0.4 is 0 Å². The molecule has 0 amide bonds. The molecule has 16 heteroatoms. The molecule has 2 aliphatic heterocycles. The number of phenols is 1. The van der Waals surface area contributed by atoms with E-state index in [1.165, 1.54) is 24.5 Å². The monoisotopic (exact) mass is 708 g/mol. The summed E-state index contributed by atoms with van der Waals surface area (Å²) in [6.07, 6.45) is -6.77. The number of aromatic hydroxyl groups is 1. The van der Waals surface area contributed by atoms with Crippen LogP contribution in [-0.4, -0.2) is 118 Å². The molecule has 2 fully saturated rings. The standard InChI is InChI=1S/C34H44O16/c1-17(2)11-27(40)50-32-28-23(12-25(47-19(4)37)34(28,43)16-46-18(3)36)21(14-44-32)15-45-33-31(30(42)29(41)24(13-35)48-33)49-26(39)10-7-20-5-8-22(38)9-6-20/h5-10,14,17,23-25,28-33,35,38,41-43H,11-13,15-16H2,1-4H3/b10-7+/t23-,24-,25+,28-,29-,30+,31-,32-,33-,34-/m1/s1. The van der Waals surface area contributed by atoms with Crippen LogP contribution in [-0.2, 0) is 52.3 Å². The smallest absolute Gasteiger partial charge is 0.331 e. The zero-order valence-electron chi connectivity index (χ0n) is 28.1. The Kier molecular flexibility index (Phi) is 13.0. The van der Waals surface area contributed by atoms with Crippen LogP contribution in [0.4, 0.5) is 0 Å². The summed E-state index contributed by atoms with van der Waals surface area (Å²) in [6, 6.07) is 5.93. The Bertz CT molecular complexity index is 1420. The van der Waals surface area contributed by atoms with Gasteiger partial charge in [-0.3, -0.25) is 14.4 Å². The number of carbonyl (C=O) groups excluding carboxylic acids is 4. The third kappa shape index (κ3) is 9.38. The second-order valence-electron chi connectivity index (χ2n) is 12.9. The fraction of sp³-hybridized carbons (Fsp3) is 0.588. The Morgan fingerprint density at radius 2 is 1.70 bits per heavy atom. The van der Waals surface area contributed by atoms with Gasteiger partial charge in [-0.05, 0) is 41.7 Å². The topological polar surface area (TPSA) is 234 Å². The number of fused-ring (bicyclic) bond motifs is 1. The largest absolute Gasteiger partial charge is 0.508 e. The molecule has 0 unspecified atom stereocenters. The van der Waals surface area contributed by atoms with Gasteiger partial charge >= 0.3 is 23.9 Å². The van der Waals surface area contributed by atoms with Crippen LogP contribution >= 0.6 is 0 Å². The number of aliphatic hydroxyl groups excluding tert-OH is 3. The van der Waals surface area contributed by atoms with E-state index in [-0.39, 0.29) is 31.1 Å². The molecule has 1 aliphatic carbocycles. The lowest BCUT2D eigenvalue weighted by atomic mass is 9.80. The number of hydrogen-bond donors (Lipinski definition) is 5. The van der Waals surface area contributed by atoms with Crippen LogP contribution in [0.2, 0.25) is 0 Å². The van der Waals surface area contributed by atoms with Crippen molar-refractivity contribution in [2.24, 2.45) is 17.8 Å². The maximum absolute atomic E-state index is 12.8. The molecule has 3 aliphatic rings. The van der Waals surface area contributed by atoms with Crippen molar-refractivity contribution >= 4 is 30.0 Å². The minimum atomic E-state index is -2.07. The molecule has 2 heterocycles. The first-order chi connectivity index (χ1) is 23.6. The van der Waals surface area contributed by atoms with Gasteiger partial charge in [-0.25, -0.2) is 4.79 Å². The van der Waals surface area contributed by atoms with Crippen LogP contribution in [0.1, 0.15) is 46.1 Å². The van der Waals surface area contributed by atoms with Crippen molar-refractivity contribution in [3.05, 3.63) is 47.7 Å². The lowest BCUT2D eigenvalue weighted by molar-refractivity contribution is -0.302. The zero-order valence-corrected chi connectivity index (χ0v) is 28.1. The van der Waals surface area contributed by atoms with Crippen LogP contribution in [0, 0.1) is 17.8 Å². The van der Waals surface area contributed by atoms with Gasteiger partial charge in [-0.15, -0.1) is 0 Å². The number of esters is 4. The van der Waals surface area contributed by atoms with Crippen LogP contribution in [0.3, 0.4) is 0 Å². The lowest BCUT2D eigenvalue weighted by Crippen LogP contribution is -2.60. The maximum Gasteiger partial charge on any atom is 0.331 e. The SMILES string of the molecule is CC(=O)OC[C@]1(O)[C@H]2[C@@H](OC(=O)CC(C)C)OC=C(CO[C@@H]3O[C@H](CO)[C@@H](O)[C@H](O)[C@H]3OC(=O)/C=C/c3ccc(O)cc3)[C@H]2C[C@@H]1OC(C)=O. The Labute approximate surface area is 288 Å². The summed E-state index contributed by atoms with van der Waals surface area (Å²) in [5, 5.41) is 52.6. The Balaban J connectivity index is 1.58. The lowest BCUT2D eigenvalue weighted by Gasteiger charge is -2.42. The van der Waals surface area contributed by atoms with Gasteiger partial charge in [-0.2, -0.15) is 0 Å². The summed E-state index contributed by atoms with van der Waals surface area (Å²) in [6.45, 7) is 4.19. The Morgan fingerprint density at radius 3 is 2.32 bits per heavy atom. The van der Waals surface area contributed by atoms with Gasteiger partial charge in [0.15, 0.2) is 12.4 Å². The first-order valence-corrected chi connectivity index (χ1v) is 16.1. The summed E-state index contributed by atoms with van der Waals surface area (Å²) in [7, 11) is 0. The molecule has 1 aromatic rings. The first-order valence-electron chi connectivity index (χ1n) is 16.1. The number of rotatable bonds is 13. The van der Waals surface area contributed by atoms with E-state index < -0.39 is 97.6 Å². The van der Waals surface area contributed by atoms with Crippen LogP contribution in [0.25, 0.3) is 6.08 Å². The number of hydrogen-bond acceptors (Lipinski definition) is 16. The maximum atomic E-state index is 12.8. The van der Waals surface area contributed by atoms with Crippen molar-refractivity contribution in [2.45, 2.75) is 89.2 Å². The fourth-order valence-electron chi connectivity index (χ4n) is 6.21. The summed E-state index contributed by atoms with van der Waals surface area (Å²) in [5.41, 5.74) is -1.18. The number of carbonyl (C=O) groups is 4. The Hall–Kier alpha value is -4.06. The molecule has 1 saturated heterocycles. The van der Waals surface area contributed by atoms with Gasteiger partial charge < -0.3 is 58.7 Å². The molecule has 0 aromatic heterocycles. The molecule has 16 nitrogen and oxygen atoms in total. The van der Waals surface area contributed by atoms with Crippen LogP contribution in [0.5, 0.6) is 5.75 Å². The molecule has 10 atom stereocenters. The van der Waals surface area contributed by atoms with Gasteiger partial charge in [0.25, 0.3) is 0 Å². The molecule has 5 N–H and O–H groups in total. The van der Waals surface area contributed by atoms with E-state index >= 15 is 0 Å². The van der Waals surface area contributed by atoms with Gasteiger partial charge in [0, 0.05) is 32.3 Å². The predicted octanol–water partition coefficient (Wildman–Crippen LogP) is 0.464. The van der Waals surface area contributed by atoms with Gasteiger partial charge in [0.05, 0.1) is 25.4 Å². The summed E-state index contributed by atoms with van der Waals surface area (Å²) >= 11 is 0. The number of ether oxygens (including phenoxy) is 7. The molecule has 50 heavy (non-hydrogen) atoms. The van der Waals surface area contributed by atoms with E-state index in [1.807, 2.05) is 13.8 Å². The molecule has 0 radical (unpaired) electrons. The molecule has 0 bridgehead atoms. The van der Waals surface area contributed by atoms with Crippen molar-refractivity contribution in [1.82, 2.24) is 0 Å². The van der Waals surface area contributed by atoms with Crippen molar-refractivity contribution in [2.75, 3.05) is 19.8 Å². The van der Waals surface area contributed by atoms with Crippen molar-refractivity contribution < 1.29 is 77.9 Å². The van der Waals surface area contributed by atoms with Gasteiger partial charge in [0.1, 0.15) is 42.4 Å². The quantitative estimate of drug-likeness (QED) is 0.106. The van der Waals surface area contributed by atoms with Gasteiger partial charge in [-0.1, -0.05) is 26.0 Å². The van der Waals surface area contributed by atoms with E-state index in [4.69, 9.17) is 33.2 Å². The summed E-state index contributed by atoms with van der Waals surface area (Å²) in [5.74, 6) is -4.92. The summed E-state index contributed by atoms with van der Waals surface area (Å²) in [4.78, 5) is 49.3. The first kappa shape index (κ1) is 38.7. The predicted molar refractivity (Wildman–Crippen MR) is 168 cm³/mol. The summed E-state index contributed by atoms with van der Waals surface area (Å²) < 4.78 is 39.1. The normalized spacial score (nSPS) is 32.1. The highest BCUT2D eigenvalue weighted by Gasteiger charge is 2.63. The number of benzene rings is 1. The average molecular weight is 709 g/mol. The van der Waals surface area contributed by atoms with E-state index in [2.05, 4.69) is 0 Å². The fourth-order valence-corrected chi connectivity index (χ4v) is 6.21. The second-order valence-corrected chi connectivity index (χ2v) is 12.9. The minimum Gasteiger partial charge on any atom is -0.508 e. The second kappa shape index (κ2) is 16.8. The highest BCUT2D eigenvalue weighted by atomic mass is 16.7.